The third kappa shape index (κ3) is 4.33. The number of halogens is 3. The summed E-state index contributed by atoms with van der Waals surface area (Å²) in [5.41, 5.74) is 0.633. The molecule has 2 rings (SSSR count). The standard InChI is InChI=1S/C14H18BrClFNO/c15-12-6-10(17)7-13(16)14(12)18-8-11(19)5-9-3-1-2-4-9/h6-7,9,11,18-19H,1-5,8H2. The summed E-state index contributed by atoms with van der Waals surface area (Å²) in [6.45, 7) is 0.431. The molecule has 0 heterocycles. The number of benzene rings is 1. The molecule has 1 saturated carbocycles. The summed E-state index contributed by atoms with van der Waals surface area (Å²) in [6.07, 6.45) is 5.43. The van der Waals surface area contributed by atoms with Crippen molar-refractivity contribution >= 4 is 33.2 Å². The molecule has 1 fully saturated rings. The van der Waals surface area contributed by atoms with Gasteiger partial charge in [0.05, 0.1) is 16.8 Å². The zero-order valence-corrected chi connectivity index (χ0v) is 13.0. The van der Waals surface area contributed by atoms with Gasteiger partial charge in [0.1, 0.15) is 5.82 Å². The summed E-state index contributed by atoms with van der Waals surface area (Å²) in [7, 11) is 0. The fraction of sp³-hybridized carbons (Fsp3) is 0.571. The molecule has 1 atom stereocenters. The van der Waals surface area contributed by atoms with Crippen LogP contribution in [0.3, 0.4) is 0 Å². The molecule has 0 spiro atoms. The molecule has 106 valence electrons. The van der Waals surface area contributed by atoms with Crippen LogP contribution in [0.15, 0.2) is 16.6 Å². The van der Waals surface area contributed by atoms with E-state index in [-0.39, 0.29) is 5.82 Å². The van der Waals surface area contributed by atoms with Gasteiger partial charge in [-0.2, -0.15) is 0 Å². The quantitative estimate of drug-likeness (QED) is 0.813. The molecule has 2 nitrogen and oxygen atoms in total. The molecule has 0 saturated heterocycles. The van der Waals surface area contributed by atoms with Crippen molar-refractivity contribution in [3.8, 4) is 0 Å². The van der Waals surface area contributed by atoms with Crippen molar-refractivity contribution in [2.75, 3.05) is 11.9 Å². The molecule has 0 aromatic heterocycles. The SMILES string of the molecule is OC(CNc1c(Cl)cc(F)cc1Br)CC1CCCC1. The van der Waals surface area contributed by atoms with Crippen LogP contribution >= 0.6 is 27.5 Å². The molecular weight excluding hydrogens is 333 g/mol. The fourth-order valence-corrected chi connectivity index (χ4v) is 3.60. The molecule has 0 aliphatic heterocycles. The van der Waals surface area contributed by atoms with E-state index in [2.05, 4.69) is 21.2 Å². The molecule has 0 radical (unpaired) electrons. The van der Waals surface area contributed by atoms with Crippen LogP contribution in [0.25, 0.3) is 0 Å². The average Bonchev–Trinajstić information content (AvgIpc) is 2.80. The van der Waals surface area contributed by atoms with E-state index in [1.807, 2.05) is 0 Å². The lowest BCUT2D eigenvalue weighted by molar-refractivity contribution is 0.155. The molecular formula is C14H18BrClFNO. The van der Waals surface area contributed by atoms with E-state index in [1.165, 1.54) is 37.8 Å². The highest BCUT2D eigenvalue weighted by molar-refractivity contribution is 9.10. The molecule has 0 bridgehead atoms. The van der Waals surface area contributed by atoms with Crippen LogP contribution in [0, 0.1) is 11.7 Å². The van der Waals surface area contributed by atoms with Crippen molar-refractivity contribution in [3.63, 3.8) is 0 Å². The van der Waals surface area contributed by atoms with Crippen LogP contribution in [0.4, 0.5) is 10.1 Å². The van der Waals surface area contributed by atoms with Gasteiger partial charge in [-0.05, 0) is 40.4 Å². The number of anilines is 1. The summed E-state index contributed by atoms with van der Waals surface area (Å²) < 4.78 is 13.7. The zero-order chi connectivity index (χ0) is 13.8. The first-order valence-electron chi connectivity index (χ1n) is 6.62. The van der Waals surface area contributed by atoms with Crippen molar-refractivity contribution in [1.82, 2.24) is 0 Å². The highest BCUT2D eigenvalue weighted by atomic mass is 79.9. The van der Waals surface area contributed by atoms with Gasteiger partial charge in [-0.15, -0.1) is 0 Å². The van der Waals surface area contributed by atoms with E-state index in [9.17, 15) is 9.50 Å². The van der Waals surface area contributed by atoms with Gasteiger partial charge in [0.25, 0.3) is 0 Å². The molecule has 19 heavy (non-hydrogen) atoms. The molecule has 1 aromatic rings. The summed E-state index contributed by atoms with van der Waals surface area (Å²) in [4.78, 5) is 0. The van der Waals surface area contributed by atoms with Crippen molar-refractivity contribution in [1.29, 1.82) is 0 Å². The summed E-state index contributed by atoms with van der Waals surface area (Å²) in [6, 6.07) is 2.62. The number of hydrogen-bond acceptors (Lipinski definition) is 2. The normalized spacial score (nSPS) is 17.7. The second-order valence-electron chi connectivity index (χ2n) is 5.17. The fourth-order valence-electron chi connectivity index (χ4n) is 2.65. The minimum absolute atomic E-state index is 0.319. The topological polar surface area (TPSA) is 32.3 Å². The lowest BCUT2D eigenvalue weighted by atomic mass is 10.00. The molecule has 1 aliphatic carbocycles. The third-order valence-corrected chi connectivity index (χ3v) is 4.53. The van der Waals surface area contributed by atoms with Crippen LogP contribution in [-0.2, 0) is 0 Å². The lowest BCUT2D eigenvalue weighted by Crippen LogP contribution is -2.22. The maximum absolute atomic E-state index is 13.1. The second-order valence-corrected chi connectivity index (χ2v) is 6.43. The highest BCUT2D eigenvalue weighted by Crippen LogP contribution is 2.32. The van der Waals surface area contributed by atoms with E-state index in [0.29, 0.717) is 27.6 Å². The van der Waals surface area contributed by atoms with Gasteiger partial charge in [0, 0.05) is 11.0 Å². The predicted octanol–water partition coefficient (Wildman–Crippen LogP) is 4.59. The first-order valence-corrected chi connectivity index (χ1v) is 7.80. The van der Waals surface area contributed by atoms with E-state index >= 15 is 0 Å². The minimum atomic E-state index is -0.392. The van der Waals surface area contributed by atoms with E-state index < -0.39 is 6.10 Å². The van der Waals surface area contributed by atoms with Gasteiger partial charge in [0.15, 0.2) is 0 Å². The number of hydrogen-bond donors (Lipinski definition) is 2. The largest absolute Gasteiger partial charge is 0.391 e. The van der Waals surface area contributed by atoms with Crippen molar-refractivity contribution in [2.45, 2.75) is 38.2 Å². The smallest absolute Gasteiger partial charge is 0.125 e. The van der Waals surface area contributed by atoms with Crippen LogP contribution in [0.1, 0.15) is 32.1 Å². The van der Waals surface area contributed by atoms with Gasteiger partial charge in [-0.1, -0.05) is 37.3 Å². The monoisotopic (exact) mass is 349 g/mol. The molecule has 0 amide bonds. The first-order chi connectivity index (χ1) is 9.06. The Bertz CT molecular complexity index is 414. The Morgan fingerprint density at radius 3 is 2.74 bits per heavy atom. The predicted molar refractivity (Wildman–Crippen MR) is 80.2 cm³/mol. The first kappa shape index (κ1) is 15.1. The number of rotatable bonds is 5. The van der Waals surface area contributed by atoms with Crippen LogP contribution in [0.2, 0.25) is 5.02 Å². The third-order valence-electron chi connectivity index (χ3n) is 3.60. The average molecular weight is 351 g/mol. The Hall–Kier alpha value is -0.320. The van der Waals surface area contributed by atoms with Gasteiger partial charge in [-0.25, -0.2) is 4.39 Å². The van der Waals surface area contributed by atoms with Crippen molar-refractivity contribution in [3.05, 3.63) is 27.4 Å². The van der Waals surface area contributed by atoms with Gasteiger partial charge < -0.3 is 10.4 Å². The maximum Gasteiger partial charge on any atom is 0.125 e. The number of aliphatic hydroxyl groups excluding tert-OH is 1. The Morgan fingerprint density at radius 1 is 1.42 bits per heavy atom. The van der Waals surface area contributed by atoms with Gasteiger partial charge in [-0.3, -0.25) is 0 Å². The molecule has 2 N–H and O–H groups in total. The second kappa shape index (κ2) is 6.91. The van der Waals surface area contributed by atoms with Crippen LogP contribution in [-0.4, -0.2) is 17.8 Å². The van der Waals surface area contributed by atoms with Gasteiger partial charge >= 0.3 is 0 Å². The minimum Gasteiger partial charge on any atom is -0.391 e. The summed E-state index contributed by atoms with van der Waals surface area (Å²) >= 11 is 9.24. The van der Waals surface area contributed by atoms with E-state index in [0.717, 1.165) is 6.42 Å². The molecule has 5 heteroatoms. The Balaban J connectivity index is 1.87. The Kier molecular flexibility index (Phi) is 5.48. The van der Waals surface area contributed by atoms with E-state index in [4.69, 9.17) is 11.6 Å². The molecule has 1 aliphatic rings. The van der Waals surface area contributed by atoms with Gasteiger partial charge in [0.2, 0.25) is 0 Å². The number of aliphatic hydroxyl groups is 1. The highest BCUT2D eigenvalue weighted by Gasteiger charge is 2.19. The summed E-state index contributed by atoms with van der Waals surface area (Å²) in [5, 5.41) is 13.4. The lowest BCUT2D eigenvalue weighted by Gasteiger charge is -2.18. The Labute approximate surface area is 126 Å². The van der Waals surface area contributed by atoms with Crippen molar-refractivity contribution < 1.29 is 9.50 Å². The zero-order valence-electron chi connectivity index (χ0n) is 10.6. The molecule has 1 aromatic carbocycles. The number of nitrogens with one attached hydrogen (secondary N) is 1. The van der Waals surface area contributed by atoms with Crippen LogP contribution in [0.5, 0.6) is 0 Å². The maximum atomic E-state index is 13.1. The molecule has 1 unspecified atom stereocenters. The van der Waals surface area contributed by atoms with E-state index in [1.54, 1.807) is 0 Å². The summed E-state index contributed by atoms with van der Waals surface area (Å²) in [5.74, 6) is 0.262. The van der Waals surface area contributed by atoms with Crippen LogP contribution < -0.4 is 5.32 Å². The Morgan fingerprint density at radius 2 is 2.11 bits per heavy atom. The van der Waals surface area contributed by atoms with Crippen molar-refractivity contribution in [2.24, 2.45) is 5.92 Å².